The summed E-state index contributed by atoms with van der Waals surface area (Å²) in [6.07, 6.45) is 4.95. The third-order valence-corrected chi connectivity index (χ3v) is 5.46. The maximum Gasteiger partial charge on any atom is 0.222 e. The number of nitrogens with two attached hydrogens (primary N) is 1. The zero-order valence-corrected chi connectivity index (χ0v) is 15.9. The molecular weight excluding hydrogens is 384 g/mol. The number of piperidine rings is 1. The van der Waals surface area contributed by atoms with Gasteiger partial charge in [-0.2, -0.15) is 0 Å². The van der Waals surface area contributed by atoms with E-state index in [1.54, 1.807) is 0 Å². The molecule has 2 N–H and O–H groups in total. The van der Waals surface area contributed by atoms with Gasteiger partial charge in [0.2, 0.25) is 5.91 Å². The van der Waals surface area contributed by atoms with Crippen molar-refractivity contribution in [2.75, 3.05) is 18.8 Å². The fourth-order valence-corrected chi connectivity index (χ4v) is 3.78. The van der Waals surface area contributed by atoms with Crippen molar-refractivity contribution < 1.29 is 4.79 Å². The number of hydrogen-bond acceptors (Lipinski definition) is 3. The molecule has 124 valence electrons. The number of thioether (sulfide) groups is 1. The van der Waals surface area contributed by atoms with E-state index < -0.39 is 0 Å². The quantitative estimate of drug-likeness (QED) is 0.571. The number of carbonyl (C=O) groups excluding carboxylic acids is 1. The fraction of sp³-hybridized carbons (Fsp3) is 0.562. The lowest BCUT2D eigenvalue weighted by Gasteiger charge is -2.35. The predicted molar refractivity (Wildman–Crippen MR) is 99.8 cm³/mol. The maximum atomic E-state index is 12.3. The highest BCUT2D eigenvalue weighted by atomic mass is 79.9. The smallest absolute Gasteiger partial charge is 0.222 e. The Kier molecular flexibility index (Phi) is 9.48. The molecule has 1 aliphatic heterocycles. The van der Waals surface area contributed by atoms with Crippen LogP contribution in [0.2, 0.25) is 0 Å². The van der Waals surface area contributed by atoms with Gasteiger partial charge in [-0.25, -0.2) is 0 Å². The number of benzene rings is 1. The third-order valence-electron chi connectivity index (χ3n) is 3.84. The summed E-state index contributed by atoms with van der Waals surface area (Å²) in [6.45, 7) is 1.49. The molecule has 22 heavy (non-hydrogen) atoms. The molecule has 1 unspecified atom stereocenters. The van der Waals surface area contributed by atoms with Crippen LogP contribution >= 0.6 is 40.1 Å². The van der Waals surface area contributed by atoms with E-state index >= 15 is 0 Å². The Labute approximate surface area is 151 Å². The molecule has 1 aromatic carbocycles. The van der Waals surface area contributed by atoms with E-state index in [9.17, 15) is 4.79 Å². The second-order valence-electron chi connectivity index (χ2n) is 5.38. The van der Waals surface area contributed by atoms with Crippen LogP contribution < -0.4 is 5.73 Å². The van der Waals surface area contributed by atoms with Crippen LogP contribution in [0.1, 0.15) is 32.1 Å². The summed E-state index contributed by atoms with van der Waals surface area (Å²) >= 11 is 5.24. The monoisotopic (exact) mass is 406 g/mol. The van der Waals surface area contributed by atoms with E-state index in [2.05, 4.69) is 28.1 Å². The lowest BCUT2D eigenvalue weighted by Crippen LogP contribution is -2.47. The molecule has 1 aliphatic rings. The van der Waals surface area contributed by atoms with Crippen LogP contribution in [-0.4, -0.2) is 35.7 Å². The number of hydrogen-bond donors (Lipinski definition) is 1. The molecule has 0 aliphatic carbocycles. The summed E-state index contributed by atoms with van der Waals surface area (Å²) in [6, 6.07) is 8.57. The summed E-state index contributed by atoms with van der Waals surface area (Å²) < 4.78 is 1.10. The number of amides is 1. The first-order valence-corrected chi connectivity index (χ1v) is 9.36. The van der Waals surface area contributed by atoms with Crippen molar-refractivity contribution in [3.05, 3.63) is 28.7 Å². The molecular formula is C16H24BrClN2OS. The van der Waals surface area contributed by atoms with Crippen molar-refractivity contribution in [3.63, 3.8) is 0 Å². The Bertz CT molecular complexity index is 458. The van der Waals surface area contributed by atoms with Gasteiger partial charge in [0.25, 0.3) is 0 Å². The van der Waals surface area contributed by atoms with Gasteiger partial charge in [-0.1, -0.05) is 15.9 Å². The first-order valence-electron chi connectivity index (χ1n) is 7.58. The van der Waals surface area contributed by atoms with Gasteiger partial charge < -0.3 is 10.6 Å². The van der Waals surface area contributed by atoms with Gasteiger partial charge in [0.15, 0.2) is 0 Å². The van der Waals surface area contributed by atoms with E-state index in [1.165, 1.54) is 11.3 Å². The van der Waals surface area contributed by atoms with Crippen LogP contribution in [0.4, 0.5) is 0 Å². The third kappa shape index (κ3) is 6.11. The van der Waals surface area contributed by atoms with Crippen molar-refractivity contribution in [1.29, 1.82) is 0 Å². The topological polar surface area (TPSA) is 46.3 Å². The molecule has 3 nitrogen and oxygen atoms in total. The van der Waals surface area contributed by atoms with E-state index in [0.717, 1.165) is 36.0 Å². The fourth-order valence-electron chi connectivity index (χ4n) is 2.66. The molecule has 0 saturated carbocycles. The molecule has 6 heteroatoms. The van der Waals surface area contributed by atoms with Gasteiger partial charge in [-0.05, 0) is 55.7 Å². The predicted octanol–water partition coefficient (Wildman–Crippen LogP) is 4.08. The van der Waals surface area contributed by atoms with E-state index in [4.69, 9.17) is 5.73 Å². The number of carbonyl (C=O) groups is 1. The minimum absolute atomic E-state index is 0. The van der Waals surface area contributed by atoms with Crippen LogP contribution in [0.3, 0.4) is 0 Å². The highest BCUT2D eigenvalue weighted by Crippen LogP contribution is 2.22. The lowest BCUT2D eigenvalue weighted by molar-refractivity contribution is -0.134. The summed E-state index contributed by atoms with van der Waals surface area (Å²) in [5.74, 6) is 1.26. The van der Waals surface area contributed by atoms with Gasteiger partial charge in [-0.15, -0.1) is 24.2 Å². The lowest BCUT2D eigenvalue weighted by atomic mass is 10.0. The van der Waals surface area contributed by atoms with Crippen molar-refractivity contribution in [2.45, 2.75) is 43.0 Å². The van der Waals surface area contributed by atoms with Crippen LogP contribution in [0.5, 0.6) is 0 Å². The average Bonchev–Trinajstić information content (AvgIpc) is 2.53. The maximum absolute atomic E-state index is 12.3. The second kappa shape index (κ2) is 10.5. The Morgan fingerprint density at radius 2 is 2.05 bits per heavy atom. The van der Waals surface area contributed by atoms with Crippen LogP contribution in [0.15, 0.2) is 33.6 Å². The van der Waals surface area contributed by atoms with Gasteiger partial charge in [0, 0.05) is 34.9 Å². The molecule has 1 heterocycles. The second-order valence-corrected chi connectivity index (χ2v) is 7.46. The van der Waals surface area contributed by atoms with E-state index in [-0.39, 0.29) is 24.4 Å². The molecule has 0 bridgehead atoms. The molecule has 0 spiro atoms. The van der Waals surface area contributed by atoms with Crippen LogP contribution in [0.25, 0.3) is 0 Å². The molecule has 0 aromatic heterocycles. The van der Waals surface area contributed by atoms with E-state index in [0.29, 0.717) is 13.0 Å². The van der Waals surface area contributed by atoms with Crippen LogP contribution in [0, 0.1) is 0 Å². The molecule has 2 rings (SSSR count). The number of halogens is 2. The normalized spacial score (nSPS) is 17.9. The standard InChI is InChI=1S/C16H23BrN2OS.ClH/c17-13-6-8-15(9-7-13)21-11-3-5-16(20)19-10-2-1-4-14(19)12-18;/h6-9,14H,1-5,10-12,18H2;1H. The first kappa shape index (κ1) is 19.8. The van der Waals surface area contributed by atoms with Gasteiger partial charge in [0.1, 0.15) is 0 Å². The minimum atomic E-state index is 0. The first-order chi connectivity index (χ1) is 10.2. The van der Waals surface area contributed by atoms with Crippen molar-refractivity contribution >= 4 is 46.0 Å². The molecule has 1 amide bonds. The van der Waals surface area contributed by atoms with Gasteiger partial charge in [0.05, 0.1) is 0 Å². The SMILES string of the molecule is Cl.NCC1CCCCN1C(=O)CCCSc1ccc(Br)cc1. The average molecular weight is 408 g/mol. The molecule has 1 saturated heterocycles. The zero-order valence-electron chi connectivity index (χ0n) is 12.7. The van der Waals surface area contributed by atoms with Gasteiger partial charge >= 0.3 is 0 Å². The van der Waals surface area contributed by atoms with Crippen molar-refractivity contribution in [1.82, 2.24) is 4.90 Å². The largest absolute Gasteiger partial charge is 0.338 e. The minimum Gasteiger partial charge on any atom is -0.338 e. The van der Waals surface area contributed by atoms with Crippen molar-refractivity contribution in [3.8, 4) is 0 Å². The summed E-state index contributed by atoms with van der Waals surface area (Å²) in [5, 5.41) is 0. The zero-order chi connectivity index (χ0) is 15.1. The Balaban J connectivity index is 0.00000242. The Morgan fingerprint density at radius 3 is 2.73 bits per heavy atom. The summed E-state index contributed by atoms with van der Waals surface area (Å²) in [7, 11) is 0. The number of rotatable bonds is 6. The molecule has 0 radical (unpaired) electrons. The molecule has 1 fully saturated rings. The Hall–Kier alpha value is -0.230. The summed E-state index contributed by atoms with van der Waals surface area (Å²) in [4.78, 5) is 15.5. The van der Waals surface area contributed by atoms with Gasteiger partial charge in [-0.3, -0.25) is 4.79 Å². The summed E-state index contributed by atoms with van der Waals surface area (Å²) in [5.41, 5.74) is 5.77. The highest BCUT2D eigenvalue weighted by molar-refractivity contribution is 9.10. The number of likely N-dealkylation sites (tertiary alicyclic amines) is 1. The Morgan fingerprint density at radius 1 is 1.32 bits per heavy atom. The van der Waals surface area contributed by atoms with Crippen molar-refractivity contribution in [2.24, 2.45) is 5.73 Å². The van der Waals surface area contributed by atoms with Crippen LogP contribution in [-0.2, 0) is 4.79 Å². The molecule has 1 atom stereocenters. The highest BCUT2D eigenvalue weighted by Gasteiger charge is 2.24. The molecule has 1 aromatic rings. The number of nitrogens with zero attached hydrogens (tertiary/aromatic N) is 1. The van der Waals surface area contributed by atoms with E-state index in [1.807, 2.05) is 28.8 Å².